The lowest BCUT2D eigenvalue weighted by Gasteiger charge is -2.41. The van der Waals surface area contributed by atoms with Gasteiger partial charge in [-0.2, -0.15) is 0 Å². The van der Waals surface area contributed by atoms with Crippen LogP contribution < -0.4 is 37.1 Å². The van der Waals surface area contributed by atoms with Crippen LogP contribution in [0.1, 0.15) is 96.9 Å². The van der Waals surface area contributed by atoms with Crippen LogP contribution in [0.4, 0.5) is 5.69 Å². The Morgan fingerprint density at radius 2 is 1.44 bits per heavy atom. The Labute approximate surface area is 374 Å². The van der Waals surface area contributed by atoms with Crippen LogP contribution >= 0.6 is 0 Å². The van der Waals surface area contributed by atoms with E-state index in [1.807, 2.05) is 60.7 Å². The molecule has 5 heterocycles. The maximum absolute atomic E-state index is 13.4. The summed E-state index contributed by atoms with van der Waals surface area (Å²) in [6, 6.07) is 22.5. The number of anilines is 1. The Balaban J connectivity index is 0.697. The third kappa shape index (κ3) is 9.41. The number of nitrogens with one attached hydrogen (secondary N) is 3. The first kappa shape index (κ1) is 43.2. The summed E-state index contributed by atoms with van der Waals surface area (Å²) in [6.45, 7) is 5.66. The molecule has 0 bridgehead atoms. The fourth-order valence-corrected chi connectivity index (χ4v) is 10.7. The first-order valence-corrected chi connectivity index (χ1v) is 23.1. The molecule has 336 valence electrons. The second-order valence-corrected chi connectivity index (χ2v) is 18.3. The molecule has 1 aliphatic carbocycles. The fraction of sp³-hybridized carbons (Fsp3) is 0.469. The number of aliphatic imine (C=N–C) groups is 1. The number of ether oxygens (including phenoxy) is 1. The number of benzene rings is 3. The molecule has 0 radical (unpaired) electrons. The molecule has 3 aromatic rings. The largest absolute Gasteiger partial charge is 0.457 e. The van der Waals surface area contributed by atoms with E-state index in [4.69, 9.17) is 16.2 Å². The van der Waals surface area contributed by atoms with Gasteiger partial charge in [0.25, 0.3) is 17.7 Å². The molecular weight excluding hydrogens is 811 g/mol. The Hall–Kier alpha value is -6.06. The second-order valence-electron chi connectivity index (χ2n) is 18.3. The molecular formula is C49H59N9O6. The normalized spacial score (nSPS) is 25.3. The van der Waals surface area contributed by atoms with E-state index in [1.165, 1.54) is 0 Å². The average molecular weight is 870 g/mol. The Morgan fingerprint density at radius 3 is 2.14 bits per heavy atom. The topological polar surface area (TPSA) is 205 Å². The molecule has 1 saturated carbocycles. The zero-order chi connectivity index (χ0) is 44.3. The molecule has 0 spiro atoms. The zero-order valence-corrected chi connectivity index (χ0v) is 36.3. The van der Waals surface area contributed by atoms with Gasteiger partial charge in [0.05, 0.1) is 16.8 Å². The van der Waals surface area contributed by atoms with Crippen LogP contribution in [0, 0.1) is 11.8 Å². The van der Waals surface area contributed by atoms with Crippen LogP contribution in [0.3, 0.4) is 0 Å². The van der Waals surface area contributed by atoms with Gasteiger partial charge in [0.1, 0.15) is 28.9 Å². The molecule has 9 rings (SSSR count). The van der Waals surface area contributed by atoms with Crippen molar-refractivity contribution in [2.75, 3.05) is 44.2 Å². The van der Waals surface area contributed by atoms with E-state index in [0.29, 0.717) is 64.4 Å². The van der Waals surface area contributed by atoms with Crippen LogP contribution in [0.5, 0.6) is 11.5 Å². The zero-order valence-electron chi connectivity index (χ0n) is 36.3. The number of nitrogens with zero attached hydrogens (tertiary/aromatic N) is 4. The molecule has 15 nitrogen and oxygen atoms in total. The highest BCUT2D eigenvalue weighted by atomic mass is 16.5. The number of imide groups is 2. The van der Waals surface area contributed by atoms with E-state index in [-0.39, 0.29) is 30.4 Å². The Morgan fingerprint density at radius 1 is 0.750 bits per heavy atom. The van der Waals surface area contributed by atoms with Gasteiger partial charge in [-0.15, -0.1) is 0 Å². The molecule has 0 aromatic heterocycles. The number of hydrogen-bond donors (Lipinski definition) is 5. The van der Waals surface area contributed by atoms with Gasteiger partial charge in [-0.1, -0.05) is 18.2 Å². The van der Waals surface area contributed by atoms with Crippen molar-refractivity contribution in [2.24, 2.45) is 28.3 Å². The van der Waals surface area contributed by atoms with Crippen LogP contribution in [0.2, 0.25) is 0 Å². The van der Waals surface area contributed by atoms with E-state index >= 15 is 0 Å². The van der Waals surface area contributed by atoms with Gasteiger partial charge in [-0.25, -0.2) is 0 Å². The van der Waals surface area contributed by atoms with E-state index < -0.39 is 29.7 Å². The highest BCUT2D eigenvalue weighted by Crippen LogP contribution is 2.34. The number of likely N-dealkylation sites (tertiary alicyclic amines) is 1. The van der Waals surface area contributed by atoms with Crippen LogP contribution in [0.25, 0.3) is 5.70 Å². The van der Waals surface area contributed by atoms with Gasteiger partial charge in [-0.05, 0) is 149 Å². The quantitative estimate of drug-likeness (QED) is 0.128. The molecule has 5 amide bonds. The summed E-state index contributed by atoms with van der Waals surface area (Å²) < 4.78 is 5.92. The standard InChI is InChI=1S/C49H59N9O6/c50-44(32-8-13-37(14-9-32)64-36-4-2-1-3-5-36)43(45(51)60)46-52-23-18-40(54-46)31-6-10-33(11-7-31)53-34-21-24-56(25-22-34)29-30-19-26-57(27-20-30)35-12-15-38-39(28-35)49(63)58(48(38)62)41-16-17-42(59)55-47(41)61/h1-5,8-9,12-15,28,30-31,33-34,40-41,53H,6-7,10-11,16-27,29,50H2,(H2,51,60)(H,52,54)(H,55,59,61). The smallest absolute Gasteiger partial charge is 0.262 e. The number of rotatable bonds is 12. The predicted molar refractivity (Wildman–Crippen MR) is 243 cm³/mol. The number of nitrogens with two attached hydrogens (primary N) is 2. The fourth-order valence-electron chi connectivity index (χ4n) is 10.7. The molecule has 6 aliphatic rings. The van der Waals surface area contributed by atoms with E-state index in [9.17, 15) is 24.0 Å². The number of primary amides is 1. The maximum atomic E-state index is 13.4. The first-order chi connectivity index (χ1) is 31.1. The van der Waals surface area contributed by atoms with Crippen molar-refractivity contribution in [2.45, 2.75) is 94.8 Å². The van der Waals surface area contributed by atoms with Crippen molar-refractivity contribution >= 4 is 46.8 Å². The van der Waals surface area contributed by atoms with E-state index in [1.54, 1.807) is 12.1 Å². The summed E-state index contributed by atoms with van der Waals surface area (Å²) in [5.41, 5.74) is 15.3. The number of amides is 5. The van der Waals surface area contributed by atoms with Gasteiger partial charge < -0.3 is 36.6 Å². The van der Waals surface area contributed by atoms with Crippen molar-refractivity contribution in [3.63, 3.8) is 0 Å². The van der Waals surface area contributed by atoms with Crippen molar-refractivity contribution in [1.82, 2.24) is 25.8 Å². The Kier molecular flexibility index (Phi) is 12.8. The van der Waals surface area contributed by atoms with Crippen LogP contribution in [-0.4, -0.2) is 109 Å². The Bertz CT molecular complexity index is 2310. The van der Waals surface area contributed by atoms with Crippen LogP contribution in [-0.2, 0) is 14.4 Å². The average Bonchev–Trinajstić information content (AvgIpc) is 3.55. The number of amidine groups is 1. The summed E-state index contributed by atoms with van der Waals surface area (Å²) in [4.78, 5) is 74.1. The third-order valence-corrected chi connectivity index (χ3v) is 14.2. The highest BCUT2D eigenvalue weighted by molar-refractivity contribution is 6.25. The molecule has 3 saturated heterocycles. The van der Waals surface area contributed by atoms with Gasteiger partial charge in [-0.3, -0.25) is 39.2 Å². The monoisotopic (exact) mass is 869 g/mol. The van der Waals surface area contributed by atoms with Crippen molar-refractivity contribution in [1.29, 1.82) is 0 Å². The summed E-state index contributed by atoms with van der Waals surface area (Å²) in [7, 11) is 0. The molecule has 2 atom stereocenters. The first-order valence-electron chi connectivity index (χ1n) is 23.1. The van der Waals surface area contributed by atoms with Gasteiger partial charge >= 0.3 is 0 Å². The molecule has 15 heteroatoms. The van der Waals surface area contributed by atoms with Gasteiger partial charge in [0.15, 0.2) is 0 Å². The summed E-state index contributed by atoms with van der Waals surface area (Å²) in [5.74, 6) is 0.441. The molecule has 7 N–H and O–H groups in total. The van der Waals surface area contributed by atoms with Gasteiger partial charge in [0.2, 0.25) is 11.8 Å². The minimum Gasteiger partial charge on any atom is -0.457 e. The van der Waals surface area contributed by atoms with E-state index in [2.05, 4.69) is 30.7 Å². The minimum atomic E-state index is -0.963. The lowest BCUT2D eigenvalue weighted by Crippen LogP contribution is -2.54. The summed E-state index contributed by atoms with van der Waals surface area (Å²) in [6.07, 6.45) is 10.0. The van der Waals surface area contributed by atoms with E-state index in [0.717, 1.165) is 107 Å². The van der Waals surface area contributed by atoms with Crippen LogP contribution in [0.15, 0.2) is 83.4 Å². The summed E-state index contributed by atoms with van der Waals surface area (Å²) >= 11 is 0. The second kappa shape index (κ2) is 19.0. The number of fused-ring (bicyclic) bond motifs is 1. The minimum absolute atomic E-state index is 0.0999. The number of carbonyl (C=O) groups is 5. The number of hydrogen-bond acceptors (Lipinski definition) is 12. The summed E-state index contributed by atoms with van der Waals surface area (Å²) in [5, 5.41) is 9.86. The highest BCUT2D eigenvalue weighted by Gasteiger charge is 2.45. The molecule has 5 aliphatic heterocycles. The lowest BCUT2D eigenvalue weighted by atomic mass is 9.79. The number of carbonyl (C=O) groups excluding carboxylic acids is 5. The maximum Gasteiger partial charge on any atom is 0.262 e. The third-order valence-electron chi connectivity index (χ3n) is 14.2. The van der Waals surface area contributed by atoms with Gasteiger partial charge in [0, 0.05) is 56.4 Å². The molecule has 3 aromatic carbocycles. The molecule has 64 heavy (non-hydrogen) atoms. The predicted octanol–water partition coefficient (Wildman–Crippen LogP) is 4.33. The number of para-hydroxylation sites is 1. The number of piperidine rings is 3. The molecule has 2 unspecified atom stereocenters. The van der Waals surface area contributed by atoms with Crippen molar-refractivity contribution in [3.05, 3.63) is 95.1 Å². The van der Waals surface area contributed by atoms with Crippen molar-refractivity contribution < 1.29 is 28.7 Å². The van der Waals surface area contributed by atoms with Crippen molar-refractivity contribution in [3.8, 4) is 11.5 Å². The molecule has 4 fully saturated rings. The SMILES string of the molecule is NC(=O)C(C1=NCCC(C2CCC(NC3CCN(CC4CCN(c5ccc6c(c5)C(=O)N(C5CCC(=O)NC5=O)C6=O)CC4)CC3)CC2)N1)=C(N)c1ccc(Oc2ccccc2)cc1. The lowest BCUT2D eigenvalue weighted by molar-refractivity contribution is -0.136.